The Morgan fingerprint density at radius 1 is 1.21 bits per heavy atom. The van der Waals surface area contributed by atoms with Crippen molar-refractivity contribution in [3.05, 3.63) is 18.2 Å². The Morgan fingerprint density at radius 2 is 1.86 bits per heavy atom. The first kappa shape index (κ1) is 10.8. The van der Waals surface area contributed by atoms with Crippen molar-refractivity contribution >= 4 is 10.1 Å². The summed E-state index contributed by atoms with van der Waals surface area (Å²) in [4.78, 5) is -0.277. The molecule has 0 saturated carbocycles. The molecule has 6 heteroatoms. The molecule has 0 aliphatic rings. The van der Waals surface area contributed by atoms with E-state index in [9.17, 15) is 8.42 Å². The summed E-state index contributed by atoms with van der Waals surface area (Å²) in [6.07, 6.45) is 0. The predicted octanol–water partition coefficient (Wildman–Crippen LogP) is 0.950. The SMILES string of the molecule is COc1ccc(S(=O)(=O)O)c(OC)c1. The van der Waals surface area contributed by atoms with Crippen LogP contribution in [-0.4, -0.2) is 27.2 Å². The molecule has 0 saturated heterocycles. The van der Waals surface area contributed by atoms with Gasteiger partial charge in [-0.1, -0.05) is 0 Å². The Hall–Kier alpha value is -1.27. The Labute approximate surface area is 82.0 Å². The Morgan fingerprint density at radius 3 is 2.29 bits per heavy atom. The van der Waals surface area contributed by atoms with E-state index in [1.54, 1.807) is 0 Å². The highest BCUT2D eigenvalue weighted by molar-refractivity contribution is 7.86. The van der Waals surface area contributed by atoms with Crippen LogP contribution in [0.3, 0.4) is 0 Å². The predicted molar refractivity (Wildman–Crippen MR) is 49.4 cm³/mol. The molecule has 0 aliphatic heterocycles. The van der Waals surface area contributed by atoms with E-state index in [-0.39, 0.29) is 10.6 Å². The van der Waals surface area contributed by atoms with Crippen LogP contribution in [0.25, 0.3) is 0 Å². The largest absolute Gasteiger partial charge is 0.497 e. The normalized spacial score (nSPS) is 11.1. The van der Waals surface area contributed by atoms with E-state index in [4.69, 9.17) is 14.0 Å². The molecule has 1 N–H and O–H groups in total. The monoisotopic (exact) mass is 218 g/mol. The molecule has 0 spiro atoms. The van der Waals surface area contributed by atoms with Gasteiger partial charge < -0.3 is 9.47 Å². The molecule has 78 valence electrons. The second-order valence-electron chi connectivity index (χ2n) is 2.49. The molecule has 0 aliphatic carbocycles. The molecule has 0 unspecified atom stereocenters. The minimum atomic E-state index is -4.25. The zero-order valence-electron chi connectivity index (χ0n) is 7.72. The number of hydrogen-bond donors (Lipinski definition) is 1. The van der Waals surface area contributed by atoms with E-state index < -0.39 is 10.1 Å². The van der Waals surface area contributed by atoms with Gasteiger partial charge >= 0.3 is 0 Å². The molecule has 5 nitrogen and oxygen atoms in total. The summed E-state index contributed by atoms with van der Waals surface area (Å²) in [6.45, 7) is 0. The summed E-state index contributed by atoms with van der Waals surface area (Å²) < 4.78 is 40.2. The summed E-state index contributed by atoms with van der Waals surface area (Å²) in [6, 6.07) is 4.02. The number of benzene rings is 1. The van der Waals surface area contributed by atoms with Crippen molar-refractivity contribution < 1.29 is 22.4 Å². The second kappa shape index (κ2) is 3.85. The Balaban J connectivity index is 3.33. The van der Waals surface area contributed by atoms with Gasteiger partial charge in [-0.3, -0.25) is 4.55 Å². The molecule has 0 radical (unpaired) electrons. The van der Waals surface area contributed by atoms with Crippen LogP contribution < -0.4 is 9.47 Å². The van der Waals surface area contributed by atoms with Crippen LogP contribution in [0, 0.1) is 0 Å². The maximum atomic E-state index is 10.8. The Kier molecular flexibility index (Phi) is 2.97. The van der Waals surface area contributed by atoms with E-state index in [0.29, 0.717) is 5.75 Å². The molecule has 1 aromatic rings. The van der Waals surface area contributed by atoms with Crippen molar-refractivity contribution in [2.45, 2.75) is 4.90 Å². The smallest absolute Gasteiger partial charge is 0.298 e. The van der Waals surface area contributed by atoms with Crippen LogP contribution in [0.5, 0.6) is 11.5 Å². The minimum Gasteiger partial charge on any atom is -0.497 e. The van der Waals surface area contributed by atoms with Gasteiger partial charge in [0.2, 0.25) is 0 Å². The van der Waals surface area contributed by atoms with Crippen molar-refractivity contribution in [2.75, 3.05) is 14.2 Å². The number of ether oxygens (including phenoxy) is 2. The summed E-state index contributed by atoms with van der Waals surface area (Å²) in [5.41, 5.74) is 0. The lowest BCUT2D eigenvalue weighted by atomic mass is 10.3. The van der Waals surface area contributed by atoms with Gasteiger partial charge in [0.15, 0.2) is 0 Å². The molecule has 0 fully saturated rings. The maximum Gasteiger partial charge on any atom is 0.298 e. The topological polar surface area (TPSA) is 72.8 Å². The summed E-state index contributed by atoms with van der Waals surface area (Å²) >= 11 is 0. The lowest BCUT2D eigenvalue weighted by molar-refractivity contribution is 0.383. The lowest BCUT2D eigenvalue weighted by Crippen LogP contribution is -2.01. The zero-order valence-corrected chi connectivity index (χ0v) is 8.54. The van der Waals surface area contributed by atoms with Crippen molar-refractivity contribution in [1.29, 1.82) is 0 Å². The molecule has 14 heavy (non-hydrogen) atoms. The molecule has 0 amide bonds. The van der Waals surface area contributed by atoms with E-state index >= 15 is 0 Å². The molecular weight excluding hydrogens is 208 g/mol. The third-order valence-corrected chi connectivity index (χ3v) is 2.54. The summed E-state index contributed by atoms with van der Waals surface area (Å²) in [5, 5.41) is 0. The Bertz CT molecular complexity index is 423. The highest BCUT2D eigenvalue weighted by Crippen LogP contribution is 2.27. The van der Waals surface area contributed by atoms with Gasteiger partial charge in [-0.05, 0) is 12.1 Å². The van der Waals surface area contributed by atoms with E-state index in [0.717, 1.165) is 0 Å². The molecule has 0 aromatic heterocycles. The second-order valence-corrected chi connectivity index (χ2v) is 3.88. The molecule has 0 heterocycles. The number of rotatable bonds is 3. The fourth-order valence-corrected chi connectivity index (χ4v) is 1.62. The van der Waals surface area contributed by atoms with Crippen LogP contribution >= 0.6 is 0 Å². The first-order chi connectivity index (χ1) is 6.49. The van der Waals surface area contributed by atoms with E-state index in [2.05, 4.69) is 0 Å². The van der Waals surface area contributed by atoms with Crippen LogP contribution in [-0.2, 0) is 10.1 Å². The van der Waals surface area contributed by atoms with Gasteiger partial charge in [0, 0.05) is 6.07 Å². The molecule has 0 atom stereocenters. The van der Waals surface area contributed by atoms with Gasteiger partial charge in [-0.15, -0.1) is 0 Å². The fraction of sp³-hybridized carbons (Fsp3) is 0.250. The minimum absolute atomic E-state index is 0.0480. The average Bonchev–Trinajstić information content (AvgIpc) is 2.15. The number of methoxy groups -OCH3 is 2. The summed E-state index contributed by atoms with van der Waals surface area (Å²) in [5.74, 6) is 0.501. The van der Waals surface area contributed by atoms with Crippen LogP contribution in [0.4, 0.5) is 0 Å². The van der Waals surface area contributed by atoms with Crippen molar-refractivity contribution in [1.82, 2.24) is 0 Å². The third kappa shape index (κ3) is 2.15. The quantitative estimate of drug-likeness (QED) is 0.765. The lowest BCUT2D eigenvalue weighted by Gasteiger charge is -2.07. The van der Waals surface area contributed by atoms with Gasteiger partial charge in [0.25, 0.3) is 10.1 Å². The molecular formula is C8H10O5S. The van der Waals surface area contributed by atoms with Crippen LogP contribution in [0.2, 0.25) is 0 Å². The van der Waals surface area contributed by atoms with E-state index in [1.165, 1.54) is 32.4 Å². The highest BCUT2D eigenvalue weighted by Gasteiger charge is 2.16. The fourth-order valence-electron chi connectivity index (χ4n) is 0.988. The maximum absolute atomic E-state index is 10.8. The van der Waals surface area contributed by atoms with Crippen molar-refractivity contribution in [3.8, 4) is 11.5 Å². The first-order valence-corrected chi connectivity index (χ1v) is 5.12. The highest BCUT2D eigenvalue weighted by atomic mass is 32.2. The molecule has 1 rings (SSSR count). The van der Waals surface area contributed by atoms with Gasteiger partial charge in [-0.25, -0.2) is 0 Å². The molecule has 1 aromatic carbocycles. The van der Waals surface area contributed by atoms with Gasteiger partial charge in [0.1, 0.15) is 16.4 Å². The van der Waals surface area contributed by atoms with Crippen LogP contribution in [0.15, 0.2) is 23.1 Å². The van der Waals surface area contributed by atoms with Gasteiger partial charge in [-0.2, -0.15) is 8.42 Å². The standard InChI is InChI=1S/C8H10O5S/c1-12-6-3-4-8(14(9,10)11)7(5-6)13-2/h3-5H,1-2H3,(H,9,10,11). The van der Waals surface area contributed by atoms with E-state index in [1.807, 2.05) is 0 Å². The molecule has 0 bridgehead atoms. The third-order valence-electron chi connectivity index (χ3n) is 1.65. The zero-order chi connectivity index (χ0) is 10.8. The van der Waals surface area contributed by atoms with Crippen LogP contribution in [0.1, 0.15) is 0 Å². The van der Waals surface area contributed by atoms with Gasteiger partial charge in [0.05, 0.1) is 14.2 Å². The number of hydrogen-bond acceptors (Lipinski definition) is 4. The average molecular weight is 218 g/mol. The first-order valence-electron chi connectivity index (χ1n) is 3.68. The van der Waals surface area contributed by atoms with Crippen molar-refractivity contribution in [3.63, 3.8) is 0 Å². The van der Waals surface area contributed by atoms with Crippen molar-refractivity contribution in [2.24, 2.45) is 0 Å². The summed E-state index contributed by atoms with van der Waals surface area (Å²) in [7, 11) is -1.50.